The first-order valence-corrected chi connectivity index (χ1v) is 12.8. The Bertz CT molecular complexity index is 1380. The molecule has 0 saturated carbocycles. The Morgan fingerprint density at radius 1 is 1.08 bits per heavy atom. The molecule has 0 bridgehead atoms. The molecule has 1 unspecified atom stereocenters. The smallest absolute Gasteiger partial charge is 0.248 e. The number of hydrogen-bond acceptors (Lipinski definition) is 5. The summed E-state index contributed by atoms with van der Waals surface area (Å²) >= 11 is 0. The highest BCUT2D eigenvalue weighted by atomic mass is 16.5. The number of aliphatic hydroxyl groups is 1. The molecule has 0 radical (unpaired) electrons. The summed E-state index contributed by atoms with van der Waals surface area (Å²) in [6, 6.07) is 15.8. The van der Waals surface area contributed by atoms with Gasteiger partial charge in [-0.2, -0.15) is 0 Å². The van der Waals surface area contributed by atoms with Crippen molar-refractivity contribution in [1.29, 1.82) is 0 Å². The minimum Gasteiger partial charge on any atom is -0.487 e. The fourth-order valence-electron chi connectivity index (χ4n) is 5.27. The van der Waals surface area contributed by atoms with Gasteiger partial charge in [-0.3, -0.25) is 9.78 Å². The molecule has 1 aliphatic carbocycles. The highest BCUT2D eigenvalue weighted by molar-refractivity contribution is 5.87. The molecule has 6 nitrogen and oxygen atoms in total. The quantitative estimate of drug-likeness (QED) is 0.328. The summed E-state index contributed by atoms with van der Waals surface area (Å²) in [5.41, 5.74) is 7.83. The average Bonchev–Trinajstić information content (AvgIpc) is 3.31. The number of hydrogen-bond donors (Lipinski definition) is 3. The Labute approximate surface area is 211 Å². The molecule has 4 aromatic rings. The van der Waals surface area contributed by atoms with E-state index in [0.717, 1.165) is 42.2 Å². The molecule has 6 heteroatoms. The molecule has 0 fully saturated rings. The predicted molar refractivity (Wildman–Crippen MR) is 142 cm³/mol. The van der Waals surface area contributed by atoms with Gasteiger partial charge in [0.05, 0.1) is 11.6 Å². The molecule has 36 heavy (non-hydrogen) atoms. The molecule has 0 spiro atoms. The summed E-state index contributed by atoms with van der Waals surface area (Å²) in [6.45, 7) is 5.21. The summed E-state index contributed by atoms with van der Waals surface area (Å²) in [5.74, 6) is 0.570. The van der Waals surface area contributed by atoms with Gasteiger partial charge in [-0.05, 0) is 71.7 Å². The SMILES string of the molecule is CCc1cc2c(cc1CC)CC(NCC(O)c1ccc(OCc3cccnc3)c3[nH]c(=O)ccc13)C2. The third-order valence-corrected chi connectivity index (χ3v) is 7.18. The van der Waals surface area contributed by atoms with Crippen LogP contribution in [-0.4, -0.2) is 27.7 Å². The van der Waals surface area contributed by atoms with Crippen LogP contribution in [0.15, 0.2) is 65.7 Å². The van der Waals surface area contributed by atoms with E-state index in [2.05, 4.69) is 41.3 Å². The zero-order valence-electron chi connectivity index (χ0n) is 20.9. The minimum atomic E-state index is -0.716. The molecular weight excluding hydrogens is 450 g/mol. The van der Waals surface area contributed by atoms with Gasteiger partial charge in [-0.25, -0.2) is 0 Å². The van der Waals surface area contributed by atoms with Crippen LogP contribution >= 0.6 is 0 Å². The van der Waals surface area contributed by atoms with Gasteiger partial charge in [0.15, 0.2) is 0 Å². The molecule has 1 atom stereocenters. The van der Waals surface area contributed by atoms with Crippen LogP contribution in [0.3, 0.4) is 0 Å². The normalized spacial score (nSPS) is 14.2. The molecule has 0 saturated heterocycles. The third kappa shape index (κ3) is 5.06. The van der Waals surface area contributed by atoms with Crippen molar-refractivity contribution < 1.29 is 9.84 Å². The van der Waals surface area contributed by atoms with Crippen LogP contribution in [0.2, 0.25) is 0 Å². The molecule has 186 valence electrons. The van der Waals surface area contributed by atoms with Crippen LogP contribution in [0, 0.1) is 0 Å². The molecule has 0 amide bonds. The summed E-state index contributed by atoms with van der Waals surface area (Å²) in [7, 11) is 0. The average molecular weight is 484 g/mol. The van der Waals surface area contributed by atoms with Gasteiger partial charge in [0.2, 0.25) is 5.56 Å². The summed E-state index contributed by atoms with van der Waals surface area (Å²) in [4.78, 5) is 19.1. The van der Waals surface area contributed by atoms with E-state index >= 15 is 0 Å². The van der Waals surface area contributed by atoms with Crippen LogP contribution in [0.1, 0.15) is 53.3 Å². The van der Waals surface area contributed by atoms with E-state index in [4.69, 9.17) is 4.74 Å². The number of ether oxygens (including phenoxy) is 1. The number of aliphatic hydroxyl groups excluding tert-OH is 1. The topological polar surface area (TPSA) is 87.2 Å². The van der Waals surface area contributed by atoms with Gasteiger partial charge in [-0.15, -0.1) is 0 Å². The van der Waals surface area contributed by atoms with E-state index < -0.39 is 6.10 Å². The Kier molecular flexibility index (Phi) is 7.16. The minimum absolute atomic E-state index is 0.208. The Hall–Kier alpha value is -3.48. The first-order valence-electron chi connectivity index (χ1n) is 12.8. The monoisotopic (exact) mass is 483 g/mol. The molecule has 5 rings (SSSR count). The van der Waals surface area contributed by atoms with Crippen molar-refractivity contribution in [3.05, 3.63) is 105 Å². The number of rotatable bonds is 9. The summed E-state index contributed by atoms with van der Waals surface area (Å²) in [5, 5.41) is 15.5. The third-order valence-electron chi connectivity index (χ3n) is 7.18. The van der Waals surface area contributed by atoms with Gasteiger partial charge < -0.3 is 20.1 Å². The van der Waals surface area contributed by atoms with E-state index in [1.165, 1.54) is 28.3 Å². The lowest BCUT2D eigenvalue weighted by Crippen LogP contribution is -2.33. The maximum absolute atomic E-state index is 12.1. The largest absolute Gasteiger partial charge is 0.487 e. The van der Waals surface area contributed by atoms with Gasteiger partial charge in [0.25, 0.3) is 0 Å². The maximum atomic E-state index is 12.1. The van der Waals surface area contributed by atoms with Crippen molar-refractivity contribution in [2.45, 2.75) is 58.3 Å². The van der Waals surface area contributed by atoms with E-state index in [0.29, 0.717) is 30.5 Å². The van der Waals surface area contributed by atoms with E-state index in [1.807, 2.05) is 24.3 Å². The van der Waals surface area contributed by atoms with Crippen molar-refractivity contribution in [2.75, 3.05) is 6.54 Å². The first-order chi connectivity index (χ1) is 17.6. The summed E-state index contributed by atoms with van der Waals surface area (Å²) in [6.07, 6.45) is 6.83. The number of benzene rings is 2. The number of fused-ring (bicyclic) bond motifs is 2. The lowest BCUT2D eigenvalue weighted by atomic mass is 9.97. The van der Waals surface area contributed by atoms with Gasteiger partial charge in [0, 0.05) is 42.0 Å². The maximum Gasteiger partial charge on any atom is 0.248 e. The van der Waals surface area contributed by atoms with Gasteiger partial charge in [-0.1, -0.05) is 38.1 Å². The molecule has 1 aliphatic rings. The Morgan fingerprint density at radius 2 is 1.83 bits per heavy atom. The van der Waals surface area contributed by atoms with E-state index in [9.17, 15) is 9.90 Å². The zero-order valence-corrected chi connectivity index (χ0v) is 20.9. The molecule has 2 aromatic carbocycles. The molecule has 2 heterocycles. The number of pyridine rings is 2. The fraction of sp³-hybridized carbons (Fsp3) is 0.333. The van der Waals surface area contributed by atoms with Gasteiger partial charge in [0.1, 0.15) is 12.4 Å². The standard InChI is InChI=1S/C30H33N3O3/c1-3-20-12-22-14-24(15-23(22)13-21(20)4-2)32-17-27(34)25-7-9-28(30-26(25)8-10-29(35)33-30)36-18-19-6-5-11-31-16-19/h5-13,16,24,27,32,34H,3-4,14-15,17-18H2,1-2H3,(H,33,35). The summed E-state index contributed by atoms with van der Waals surface area (Å²) < 4.78 is 6.00. The van der Waals surface area contributed by atoms with Crippen molar-refractivity contribution in [3.63, 3.8) is 0 Å². The molecular formula is C30H33N3O3. The molecule has 2 aromatic heterocycles. The molecule has 3 N–H and O–H groups in total. The van der Waals surface area contributed by atoms with Crippen molar-refractivity contribution in [3.8, 4) is 5.75 Å². The van der Waals surface area contributed by atoms with E-state index in [1.54, 1.807) is 18.5 Å². The Balaban J connectivity index is 1.30. The molecule has 0 aliphatic heterocycles. The lowest BCUT2D eigenvalue weighted by Gasteiger charge is -2.19. The van der Waals surface area contributed by atoms with Crippen LogP contribution in [0.5, 0.6) is 5.75 Å². The van der Waals surface area contributed by atoms with Gasteiger partial charge >= 0.3 is 0 Å². The Morgan fingerprint density at radius 3 is 2.50 bits per heavy atom. The fourth-order valence-corrected chi connectivity index (χ4v) is 5.27. The number of aromatic nitrogens is 2. The van der Waals surface area contributed by atoms with Crippen LogP contribution < -0.4 is 15.6 Å². The highest BCUT2D eigenvalue weighted by Gasteiger charge is 2.24. The van der Waals surface area contributed by atoms with Crippen molar-refractivity contribution in [2.24, 2.45) is 0 Å². The van der Waals surface area contributed by atoms with E-state index in [-0.39, 0.29) is 5.56 Å². The second-order valence-corrected chi connectivity index (χ2v) is 9.54. The highest BCUT2D eigenvalue weighted by Crippen LogP contribution is 2.31. The van der Waals surface area contributed by atoms with Crippen LogP contribution in [0.25, 0.3) is 10.9 Å². The number of nitrogens with one attached hydrogen (secondary N) is 2. The first kappa shape index (κ1) is 24.2. The number of nitrogens with zero attached hydrogens (tertiary/aromatic N) is 1. The lowest BCUT2D eigenvalue weighted by molar-refractivity contribution is 0.171. The van der Waals surface area contributed by atoms with Crippen LogP contribution in [-0.2, 0) is 32.3 Å². The second kappa shape index (κ2) is 10.6. The number of aryl methyl sites for hydroxylation is 2. The predicted octanol–water partition coefficient (Wildman–Crippen LogP) is 4.42. The second-order valence-electron chi connectivity index (χ2n) is 9.54. The van der Waals surface area contributed by atoms with Crippen molar-refractivity contribution in [1.82, 2.24) is 15.3 Å². The number of H-pyrrole nitrogens is 1. The van der Waals surface area contributed by atoms with Crippen LogP contribution in [0.4, 0.5) is 0 Å². The number of aromatic amines is 1. The van der Waals surface area contributed by atoms with Crippen molar-refractivity contribution >= 4 is 10.9 Å². The zero-order chi connectivity index (χ0) is 25.1.